The third-order valence-corrected chi connectivity index (χ3v) is 2.89. The van der Waals surface area contributed by atoms with Gasteiger partial charge in [-0.1, -0.05) is 18.6 Å². The van der Waals surface area contributed by atoms with E-state index in [0.717, 1.165) is 25.9 Å². The molecule has 0 unspecified atom stereocenters. The predicted molar refractivity (Wildman–Crippen MR) is 70.4 cm³/mol. The second-order valence-electron chi connectivity index (χ2n) is 4.24. The van der Waals surface area contributed by atoms with Gasteiger partial charge >= 0.3 is 5.97 Å². The largest absolute Gasteiger partial charge is 0.481 e. The molecular formula is C14H20FNO2. The summed E-state index contributed by atoms with van der Waals surface area (Å²) in [7, 11) is 0. The van der Waals surface area contributed by atoms with Crippen LogP contribution < -0.4 is 4.90 Å². The number of unbranched alkanes of at least 4 members (excludes halogenated alkanes) is 2. The van der Waals surface area contributed by atoms with Crippen molar-refractivity contribution >= 4 is 11.7 Å². The number of hydrogen-bond donors (Lipinski definition) is 1. The Bertz CT molecular complexity index is 382. The highest BCUT2D eigenvalue weighted by atomic mass is 19.1. The molecule has 3 nitrogen and oxygen atoms in total. The second kappa shape index (κ2) is 7.69. The molecule has 1 N–H and O–H groups in total. The lowest BCUT2D eigenvalue weighted by molar-refractivity contribution is -0.137. The molecule has 0 aliphatic heterocycles. The lowest BCUT2D eigenvalue weighted by atomic mass is 10.2. The lowest BCUT2D eigenvalue weighted by Gasteiger charge is -2.23. The van der Waals surface area contributed by atoms with Crippen molar-refractivity contribution in [3.63, 3.8) is 0 Å². The van der Waals surface area contributed by atoms with Crippen LogP contribution in [0.3, 0.4) is 0 Å². The first kappa shape index (κ1) is 14.5. The summed E-state index contributed by atoms with van der Waals surface area (Å²) < 4.78 is 13.6. The molecule has 0 atom stereocenters. The maximum absolute atomic E-state index is 13.6. The van der Waals surface area contributed by atoms with Crippen LogP contribution >= 0.6 is 0 Å². The topological polar surface area (TPSA) is 40.5 Å². The van der Waals surface area contributed by atoms with Gasteiger partial charge in [0.05, 0.1) is 5.69 Å². The van der Waals surface area contributed by atoms with Gasteiger partial charge in [-0.15, -0.1) is 0 Å². The van der Waals surface area contributed by atoms with Crippen LogP contribution in [0, 0.1) is 5.82 Å². The van der Waals surface area contributed by atoms with E-state index in [9.17, 15) is 9.18 Å². The number of carboxylic acids is 1. The number of anilines is 1. The van der Waals surface area contributed by atoms with Gasteiger partial charge in [0.1, 0.15) is 5.82 Å². The molecule has 0 bridgehead atoms. The molecule has 0 amide bonds. The van der Waals surface area contributed by atoms with Crippen molar-refractivity contribution in [3.8, 4) is 0 Å². The number of carbonyl (C=O) groups is 1. The summed E-state index contributed by atoms with van der Waals surface area (Å²) in [5.41, 5.74) is 0.623. The Morgan fingerprint density at radius 1 is 1.28 bits per heavy atom. The maximum Gasteiger partial charge on any atom is 0.303 e. The third-order valence-electron chi connectivity index (χ3n) is 2.89. The Hall–Kier alpha value is -1.58. The maximum atomic E-state index is 13.6. The van der Waals surface area contributed by atoms with Crippen molar-refractivity contribution < 1.29 is 14.3 Å². The van der Waals surface area contributed by atoms with Crippen LogP contribution in [0.1, 0.15) is 32.6 Å². The first-order valence-electron chi connectivity index (χ1n) is 6.36. The van der Waals surface area contributed by atoms with Crippen LogP contribution in [-0.4, -0.2) is 24.2 Å². The summed E-state index contributed by atoms with van der Waals surface area (Å²) in [4.78, 5) is 12.3. The predicted octanol–water partition coefficient (Wildman–Crippen LogP) is 3.30. The average Bonchev–Trinajstić information content (AvgIpc) is 2.35. The highest BCUT2D eigenvalue weighted by Gasteiger charge is 2.08. The first-order valence-corrected chi connectivity index (χ1v) is 6.36. The van der Waals surface area contributed by atoms with Crippen LogP contribution in [-0.2, 0) is 4.79 Å². The molecule has 100 valence electrons. The summed E-state index contributed by atoms with van der Waals surface area (Å²) in [5, 5.41) is 8.52. The lowest BCUT2D eigenvalue weighted by Crippen LogP contribution is -2.24. The minimum Gasteiger partial charge on any atom is -0.481 e. The van der Waals surface area contributed by atoms with Crippen LogP contribution in [0.15, 0.2) is 24.3 Å². The highest BCUT2D eigenvalue weighted by Crippen LogP contribution is 2.19. The van der Waals surface area contributed by atoms with Gasteiger partial charge in [0.2, 0.25) is 0 Å². The number of nitrogens with zero attached hydrogens (tertiary/aromatic N) is 1. The molecule has 0 spiro atoms. The molecule has 0 aliphatic carbocycles. The molecule has 0 fully saturated rings. The Balaban J connectivity index is 2.39. The average molecular weight is 253 g/mol. The Morgan fingerprint density at radius 2 is 2.00 bits per heavy atom. The molecule has 0 saturated heterocycles. The SMILES string of the molecule is CCN(CCCCCC(=O)O)c1ccccc1F. The second-order valence-corrected chi connectivity index (χ2v) is 4.24. The van der Waals surface area contributed by atoms with Gasteiger partial charge in [-0.3, -0.25) is 4.79 Å². The van der Waals surface area contributed by atoms with Gasteiger partial charge in [-0.25, -0.2) is 4.39 Å². The van der Waals surface area contributed by atoms with Crippen LogP contribution in [0.5, 0.6) is 0 Å². The first-order chi connectivity index (χ1) is 8.65. The molecular weight excluding hydrogens is 233 g/mol. The van der Waals surface area contributed by atoms with E-state index >= 15 is 0 Å². The molecule has 0 saturated carbocycles. The number of carboxylic acid groups (broad SMARTS) is 1. The van der Waals surface area contributed by atoms with E-state index in [1.54, 1.807) is 12.1 Å². The van der Waals surface area contributed by atoms with Crippen LogP contribution in [0.4, 0.5) is 10.1 Å². The molecule has 1 aromatic rings. The van der Waals surface area contributed by atoms with E-state index in [0.29, 0.717) is 12.1 Å². The Kier molecular flexibility index (Phi) is 6.19. The van der Waals surface area contributed by atoms with Crippen molar-refractivity contribution in [1.29, 1.82) is 0 Å². The summed E-state index contributed by atoms with van der Waals surface area (Å²) in [5.74, 6) is -0.957. The standard InChI is InChI=1S/C14H20FNO2/c1-2-16(11-7-3-4-10-14(17)18)13-9-6-5-8-12(13)15/h5-6,8-9H,2-4,7,10-11H2,1H3,(H,17,18). The smallest absolute Gasteiger partial charge is 0.303 e. The number of hydrogen-bond acceptors (Lipinski definition) is 2. The highest BCUT2D eigenvalue weighted by molar-refractivity contribution is 5.66. The van der Waals surface area contributed by atoms with Crippen molar-refractivity contribution in [2.45, 2.75) is 32.6 Å². The van der Waals surface area contributed by atoms with Gasteiger partial charge in [0.25, 0.3) is 0 Å². The fourth-order valence-corrected chi connectivity index (χ4v) is 1.91. The van der Waals surface area contributed by atoms with Gasteiger partial charge in [0.15, 0.2) is 0 Å². The van der Waals surface area contributed by atoms with Gasteiger partial charge in [0, 0.05) is 19.5 Å². The fraction of sp³-hybridized carbons (Fsp3) is 0.500. The molecule has 0 aromatic heterocycles. The summed E-state index contributed by atoms with van der Waals surface area (Å²) in [6, 6.07) is 6.74. The molecule has 4 heteroatoms. The zero-order valence-electron chi connectivity index (χ0n) is 10.7. The summed E-state index contributed by atoms with van der Waals surface area (Å²) in [6.45, 7) is 3.50. The molecule has 1 aromatic carbocycles. The molecule has 0 heterocycles. The number of aliphatic carboxylic acids is 1. The number of para-hydroxylation sites is 1. The Labute approximate surface area is 107 Å². The van der Waals surface area contributed by atoms with Gasteiger partial charge in [-0.2, -0.15) is 0 Å². The summed E-state index contributed by atoms with van der Waals surface area (Å²) in [6.07, 6.45) is 2.64. The third kappa shape index (κ3) is 4.73. The van der Waals surface area contributed by atoms with Gasteiger partial charge < -0.3 is 10.0 Å². The minimum absolute atomic E-state index is 0.204. The van der Waals surface area contributed by atoms with Crippen molar-refractivity contribution in [2.75, 3.05) is 18.0 Å². The van der Waals surface area contributed by atoms with Crippen LogP contribution in [0.25, 0.3) is 0 Å². The fourth-order valence-electron chi connectivity index (χ4n) is 1.91. The Morgan fingerprint density at radius 3 is 2.61 bits per heavy atom. The van der Waals surface area contributed by atoms with Crippen molar-refractivity contribution in [3.05, 3.63) is 30.1 Å². The van der Waals surface area contributed by atoms with Crippen LogP contribution in [0.2, 0.25) is 0 Å². The molecule has 0 aliphatic rings. The zero-order chi connectivity index (χ0) is 13.4. The van der Waals surface area contributed by atoms with E-state index in [1.807, 2.05) is 17.9 Å². The number of benzene rings is 1. The quantitative estimate of drug-likeness (QED) is 0.723. The monoisotopic (exact) mass is 253 g/mol. The van der Waals surface area contributed by atoms with Crippen molar-refractivity contribution in [2.24, 2.45) is 0 Å². The summed E-state index contributed by atoms with van der Waals surface area (Å²) >= 11 is 0. The number of rotatable bonds is 8. The van der Waals surface area contributed by atoms with E-state index in [-0.39, 0.29) is 12.2 Å². The molecule has 18 heavy (non-hydrogen) atoms. The van der Waals surface area contributed by atoms with E-state index in [1.165, 1.54) is 6.07 Å². The molecule has 0 radical (unpaired) electrons. The van der Waals surface area contributed by atoms with Gasteiger partial charge in [-0.05, 0) is 31.9 Å². The molecule has 1 rings (SSSR count). The van der Waals surface area contributed by atoms with E-state index < -0.39 is 5.97 Å². The van der Waals surface area contributed by atoms with E-state index in [4.69, 9.17) is 5.11 Å². The van der Waals surface area contributed by atoms with Crippen molar-refractivity contribution in [1.82, 2.24) is 0 Å². The normalized spacial score (nSPS) is 10.3. The zero-order valence-corrected chi connectivity index (χ0v) is 10.7. The minimum atomic E-state index is -0.753. The number of halogens is 1. The van der Waals surface area contributed by atoms with E-state index in [2.05, 4.69) is 0 Å².